The third kappa shape index (κ3) is 5.03. The zero-order chi connectivity index (χ0) is 21.0. The molecule has 0 aromatic heterocycles. The number of nitro benzene ring substituents is 1. The number of nitrogens with zero attached hydrogens (tertiary/aromatic N) is 3. The van der Waals surface area contributed by atoms with Crippen molar-refractivity contribution in [1.82, 2.24) is 4.31 Å². The molecule has 0 spiro atoms. The van der Waals surface area contributed by atoms with Crippen molar-refractivity contribution >= 4 is 50.8 Å². The van der Waals surface area contributed by atoms with Crippen LogP contribution in [-0.2, 0) is 14.8 Å². The summed E-state index contributed by atoms with van der Waals surface area (Å²) in [6.45, 7) is 0.830. The standard InChI is InChI=1S/C17H16Cl2N4O5S/c18-13-2-1-12(15(19)9-13)11-20-21-16-4-3-14(23(24)25)10-17(16)29(26,27)22-5-7-28-8-6-22/h1-4,9-11,21H,5-8H2/b20-11-. The van der Waals surface area contributed by atoms with Gasteiger partial charge in [-0.25, -0.2) is 8.42 Å². The van der Waals surface area contributed by atoms with Gasteiger partial charge in [0, 0.05) is 35.8 Å². The zero-order valence-corrected chi connectivity index (χ0v) is 17.2. The molecule has 1 N–H and O–H groups in total. The number of sulfonamides is 1. The van der Waals surface area contributed by atoms with Crippen LogP contribution >= 0.6 is 23.2 Å². The molecular weight excluding hydrogens is 443 g/mol. The van der Waals surface area contributed by atoms with E-state index >= 15 is 0 Å². The van der Waals surface area contributed by atoms with E-state index in [0.29, 0.717) is 15.6 Å². The van der Waals surface area contributed by atoms with Gasteiger partial charge >= 0.3 is 0 Å². The van der Waals surface area contributed by atoms with Crippen LogP contribution in [0.15, 0.2) is 46.4 Å². The lowest BCUT2D eigenvalue weighted by Crippen LogP contribution is -2.40. The first-order valence-corrected chi connectivity index (χ1v) is 10.6. The number of morpholine rings is 1. The number of halogens is 2. The predicted molar refractivity (Wildman–Crippen MR) is 110 cm³/mol. The highest BCUT2D eigenvalue weighted by Crippen LogP contribution is 2.29. The summed E-state index contributed by atoms with van der Waals surface area (Å²) >= 11 is 11.9. The molecule has 0 saturated carbocycles. The number of benzene rings is 2. The second-order valence-corrected chi connectivity index (χ2v) is 8.74. The normalized spacial score (nSPS) is 15.5. The van der Waals surface area contributed by atoms with Gasteiger partial charge in [-0.15, -0.1) is 0 Å². The summed E-state index contributed by atoms with van der Waals surface area (Å²) in [4.78, 5) is 10.2. The number of hydrazone groups is 1. The topological polar surface area (TPSA) is 114 Å². The van der Waals surface area contributed by atoms with Crippen LogP contribution in [-0.4, -0.2) is 50.2 Å². The van der Waals surface area contributed by atoms with Crippen LogP contribution in [0.25, 0.3) is 0 Å². The number of nitrogens with one attached hydrogen (secondary N) is 1. The van der Waals surface area contributed by atoms with Crippen LogP contribution in [0.4, 0.5) is 11.4 Å². The summed E-state index contributed by atoms with van der Waals surface area (Å²) < 4.78 is 32.5. The highest BCUT2D eigenvalue weighted by molar-refractivity contribution is 7.89. The smallest absolute Gasteiger partial charge is 0.270 e. The van der Waals surface area contributed by atoms with E-state index in [0.717, 1.165) is 6.07 Å². The minimum atomic E-state index is -3.99. The van der Waals surface area contributed by atoms with Gasteiger partial charge in [0.25, 0.3) is 5.69 Å². The first-order chi connectivity index (χ1) is 13.8. The molecule has 154 valence electrons. The molecule has 1 aliphatic rings. The predicted octanol–water partition coefficient (Wildman–Crippen LogP) is 3.37. The second kappa shape index (κ2) is 9.06. The Morgan fingerprint density at radius 2 is 1.90 bits per heavy atom. The minimum Gasteiger partial charge on any atom is -0.379 e. The Labute approximate surface area is 177 Å². The molecule has 0 aliphatic carbocycles. The number of hydrogen-bond donors (Lipinski definition) is 1. The molecule has 1 fully saturated rings. The van der Waals surface area contributed by atoms with E-state index in [-0.39, 0.29) is 42.6 Å². The lowest BCUT2D eigenvalue weighted by Gasteiger charge is -2.26. The number of hydrogen-bond acceptors (Lipinski definition) is 7. The monoisotopic (exact) mass is 458 g/mol. The summed E-state index contributed by atoms with van der Waals surface area (Å²) in [5, 5.41) is 16.0. The van der Waals surface area contributed by atoms with Gasteiger partial charge in [-0.1, -0.05) is 29.3 Å². The van der Waals surface area contributed by atoms with Gasteiger partial charge in [0.1, 0.15) is 4.90 Å². The Morgan fingerprint density at radius 3 is 2.55 bits per heavy atom. The molecule has 2 aromatic carbocycles. The summed E-state index contributed by atoms with van der Waals surface area (Å²) in [7, 11) is -3.99. The number of non-ortho nitro benzene ring substituents is 1. The van der Waals surface area contributed by atoms with Crippen LogP contribution in [0, 0.1) is 10.1 Å². The number of anilines is 1. The first kappa shape index (κ1) is 21.5. The average molecular weight is 459 g/mol. The van der Waals surface area contributed by atoms with Crippen molar-refractivity contribution in [2.24, 2.45) is 5.10 Å². The van der Waals surface area contributed by atoms with E-state index in [2.05, 4.69) is 10.5 Å². The van der Waals surface area contributed by atoms with Crippen molar-refractivity contribution in [2.75, 3.05) is 31.7 Å². The molecule has 1 aliphatic heterocycles. The molecule has 3 rings (SSSR count). The summed E-state index contributed by atoms with van der Waals surface area (Å²) in [6, 6.07) is 8.34. The van der Waals surface area contributed by atoms with E-state index in [4.69, 9.17) is 27.9 Å². The molecule has 0 atom stereocenters. The maximum absolute atomic E-state index is 13.0. The Kier molecular flexibility index (Phi) is 6.70. The van der Waals surface area contributed by atoms with Crippen molar-refractivity contribution in [2.45, 2.75) is 4.90 Å². The molecule has 0 unspecified atom stereocenters. The maximum atomic E-state index is 13.0. The summed E-state index contributed by atoms with van der Waals surface area (Å²) in [5.74, 6) is 0. The molecular formula is C17H16Cl2N4O5S. The SMILES string of the molecule is O=[N+]([O-])c1ccc(N/N=C\c2ccc(Cl)cc2Cl)c(S(=O)(=O)N2CCOCC2)c1. The Bertz CT molecular complexity index is 1060. The quantitative estimate of drug-likeness (QED) is 0.403. The molecule has 12 heteroatoms. The number of ether oxygens (including phenoxy) is 1. The second-order valence-electron chi connectivity index (χ2n) is 5.99. The van der Waals surface area contributed by atoms with Gasteiger partial charge in [-0.2, -0.15) is 9.41 Å². The molecule has 2 aromatic rings. The summed E-state index contributed by atoms with van der Waals surface area (Å²) in [5.41, 5.74) is 2.95. The van der Waals surface area contributed by atoms with Crippen molar-refractivity contribution in [3.8, 4) is 0 Å². The van der Waals surface area contributed by atoms with E-state index in [1.54, 1.807) is 18.2 Å². The molecule has 0 amide bonds. The number of nitro groups is 1. The first-order valence-electron chi connectivity index (χ1n) is 8.39. The molecule has 0 radical (unpaired) electrons. The Morgan fingerprint density at radius 1 is 1.17 bits per heavy atom. The molecule has 1 heterocycles. The van der Waals surface area contributed by atoms with Crippen molar-refractivity contribution < 1.29 is 18.1 Å². The van der Waals surface area contributed by atoms with E-state index in [1.807, 2.05) is 0 Å². The van der Waals surface area contributed by atoms with Gasteiger partial charge in [0.05, 0.1) is 35.1 Å². The fourth-order valence-corrected chi connectivity index (χ4v) is 4.66. The van der Waals surface area contributed by atoms with Gasteiger partial charge in [-0.3, -0.25) is 15.5 Å². The van der Waals surface area contributed by atoms with Crippen molar-refractivity contribution in [3.05, 3.63) is 62.1 Å². The summed E-state index contributed by atoms with van der Waals surface area (Å²) in [6.07, 6.45) is 1.39. The zero-order valence-electron chi connectivity index (χ0n) is 14.9. The van der Waals surface area contributed by atoms with Gasteiger partial charge in [0.2, 0.25) is 10.0 Å². The van der Waals surface area contributed by atoms with Crippen molar-refractivity contribution in [1.29, 1.82) is 0 Å². The average Bonchev–Trinajstić information content (AvgIpc) is 2.70. The van der Waals surface area contributed by atoms with Crippen LogP contribution in [0.3, 0.4) is 0 Å². The van der Waals surface area contributed by atoms with Crippen LogP contribution < -0.4 is 5.43 Å². The fraction of sp³-hybridized carbons (Fsp3) is 0.235. The molecule has 9 nitrogen and oxygen atoms in total. The van der Waals surface area contributed by atoms with Crippen LogP contribution in [0.5, 0.6) is 0 Å². The molecule has 29 heavy (non-hydrogen) atoms. The van der Waals surface area contributed by atoms with E-state index < -0.39 is 14.9 Å². The van der Waals surface area contributed by atoms with Crippen LogP contribution in [0.1, 0.15) is 5.56 Å². The highest BCUT2D eigenvalue weighted by Gasteiger charge is 2.30. The largest absolute Gasteiger partial charge is 0.379 e. The lowest BCUT2D eigenvalue weighted by atomic mass is 10.2. The third-order valence-corrected chi connectivity index (χ3v) is 6.62. The minimum absolute atomic E-state index is 0.100. The van der Waals surface area contributed by atoms with Gasteiger partial charge in [0.15, 0.2) is 0 Å². The van der Waals surface area contributed by atoms with E-state index in [9.17, 15) is 18.5 Å². The van der Waals surface area contributed by atoms with Gasteiger partial charge in [-0.05, 0) is 18.2 Å². The maximum Gasteiger partial charge on any atom is 0.270 e. The van der Waals surface area contributed by atoms with Crippen molar-refractivity contribution in [3.63, 3.8) is 0 Å². The highest BCUT2D eigenvalue weighted by atomic mass is 35.5. The molecule has 1 saturated heterocycles. The van der Waals surface area contributed by atoms with Gasteiger partial charge < -0.3 is 4.74 Å². The van der Waals surface area contributed by atoms with Crippen LogP contribution in [0.2, 0.25) is 10.0 Å². The molecule has 0 bridgehead atoms. The van der Waals surface area contributed by atoms with E-state index in [1.165, 1.54) is 22.7 Å². The lowest BCUT2D eigenvalue weighted by molar-refractivity contribution is -0.385. The fourth-order valence-electron chi connectivity index (χ4n) is 2.63. The third-order valence-electron chi connectivity index (χ3n) is 4.12. The number of rotatable bonds is 6. The Hall–Kier alpha value is -2.24. The Balaban J connectivity index is 1.93.